The van der Waals surface area contributed by atoms with Gasteiger partial charge in [0.05, 0.1) is 5.69 Å². The number of carboxylic acid groups (broad SMARTS) is 1. The maximum Gasteiger partial charge on any atom is 0.407 e. The van der Waals surface area contributed by atoms with Gasteiger partial charge in [-0.2, -0.15) is 0 Å². The van der Waals surface area contributed by atoms with E-state index in [4.69, 9.17) is 9.84 Å². The number of alkyl carbamates (subject to hydrolysis) is 1. The number of aromatic nitrogens is 1. The molecule has 7 heteroatoms. The Bertz CT molecular complexity index is 667. The number of ether oxygens (including phenoxy) is 1. The lowest BCUT2D eigenvalue weighted by molar-refractivity contribution is 0.0696. The van der Waals surface area contributed by atoms with Gasteiger partial charge in [-0.3, -0.25) is 0 Å². The van der Waals surface area contributed by atoms with Crippen LogP contribution >= 0.6 is 11.3 Å². The summed E-state index contributed by atoms with van der Waals surface area (Å²) in [5, 5.41) is 13.0. The molecule has 0 aliphatic carbocycles. The molecule has 22 heavy (non-hydrogen) atoms. The van der Waals surface area contributed by atoms with Crippen LogP contribution in [0.1, 0.15) is 21.1 Å². The fourth-order valence-corrected chi connectivity index (χ4v) is 2.18. The second-order valence-corrected chi connectivity index (χ2v) is 5.09. The number of carbonyl (C=O) groups excluding carboxylic acids is 1. The van der Waals surface area contributed by atoms with Gasteiger partial charge in [0.2, 0.25) is 5.01 Å². The third-order valence-electron chi connectivity index (χ3n) is 2.57. The van der Waals surface area contributed by atoms with Gasteiger partial charge in [-0.15, -0.1) is 11.3 Å². The summed E-state index contributed by atoms with van der Waals surface area (Å²) in [5.74, 6) is -1.05. The van der Waals surface area contributed by atoms with Crippen LogP contribution in [-0.4, -0.2) is 28.7 Å². The molecular formula is C15H14N2O4S. The molecule has 0 bridgehead atoms. The van der Waals surface area contributed by atoms with Gasteiger partial charge < -0.3 is 15.2 Å². The number of aromatic carboxylic acids is 1. The van der Waals surface area contributed by atoms with Crippen LogP contribution in [0, 0.1) is 0 Å². The number of nitrogens with one attached hydrogen (secondary N) is 1. The summed E-state index contributed by atoms with van der Waals surface area (Å²) in [7, 11) is 0. The Kier molecular flexibility index (Phi) is 5.67. The Morgan fingerprint density at radius 1 is 1.32 bits per heavy atom. The zero-order valence-corrected chi connectivity index (χ0v) is 12.4. The average Bonchev–Trinajstić information content (AvgIpc) is 3.00. The van der Waals surface area contributed by atoms with Crippen LogP contribution in [0.25, 0.3) is 6.08 Å². The molecule has 0 unspecified atom stereocenters. The number of hydrogen-bond acceptors (Lipinski definition) is 5. The first-order chi connectivity index (χ1) is 10.6. The lowest BCUT2D eigenvalue weighted by Gasteiger charge is -2.04. The lowest BCUT2D eigenvalue weighted by Crippen LogP contribution is -2.24. The highest BCUT2D eigenvalue weighted by Crippen LogP contribution is 2.10. The maximum absolute atomic E-state index is 11.5. The highest BCUT2D eigenvalue weighted by molar-refractivity contribution is 7.11. The maximum atomic E-state index is 11.5. The van der Waals surface area contributed by atoms with Crippen LogP contribution in [0.5, 0.6) is 0 Å². The summed E-state index contributed by atoms with van der Waals surface area (Å²) in [6, 6.07) is 9.38. The highest BCUT2D eigenvalue weighted by atomic mass is 32.1. The van der Waals surface area contributed by atoms with Crippen LogP contribution in [0.15, 0.2) is 41.8 Å². The minimum Gasteiger partial charge on any atom is -0.476 e. The number of nitrogens with zero attached hydrogens (tertiary/aromatic N) is 1. The number of carbonyl (C=O) groups is 2. The fourth-order valence-electron chi connectivity index (χ4n) is 1.56. The summed E-state index contributed by atoms with van der Waals surface area (Å²) in [6.07, 6.45) is 2.79. The topological polar surface area (TPSA) is 88.5 Å². The van der Waals surface area contributed by atoms with E-state index >= 15 is 0 Å². The van der Waals surface area contributed by atoms with Crippen LogP contribution in [0.4, 0.5) is 4.79 Å². The molecule has 1 amide bonds. The number of thiazole rings is 1. The van der Waals surface area contributed by atoms with Gasteiger partial charge in [0.1, 0.15) is 6.61 Å². The second-order valence-electron chi connectivity index (χ2n) is 4.23. The molecule has 0 radical (unpaired) electrons. The standard InChI is InChI=1S/C15H14N2O4S/c18-14(19)13-17-12(10-22-13)7-4-8-16-15(20)21-9-11-5-2-1-3-6-11/h1-7,10H,8-9H2,(H,16,20)(H,18,19). The first-order valence-electron chi connectivity index (χ1n) is 6.45. The minimum atomic E-state index is -1.05. The third-order valence-corrected chi connectivity index (χ3v) is 3.42. The van der Waals surface area contributed by atoms with E-state index in [0.29, 0.717) is 5.69 Å². The molecular weight excluding hydrogens is 304 g/mol. The molecule has 1 aromatic heterocycles. The predicted molar refractivity (Wildman–Crippen MR) is 82.7 cm³/mol. The molecule has 0 saturated carbocycles. The molecule has 0 aliphatic rings. The molecule has 1 aromatic carbocycles. The molecule has 1 heterocycles. The predicted octanol–water partition coefficient (Wildman–Crippen LogP) is 2.78. The molecule has 2 aromatic rings. The molecule has 114 valence electrons. The fraction of sp³-hybridized carbons (Fsp3) is 0.133. The van der Waals surface area contributed by atoms with E-state index in [1.165, 1.54) is 0 Å². The zero-order chi connectivity index (χ0) is 15.8. The van der Waals surface area contributed by atoms with E-state index in [0.717, 1.165) is 16.9 Å². The number of hydrogen-bond donors (Lipinski definition) is 2. The van der Waals surface area contributed by atoms with Crippen molar-refractivity contribution in [3.8, 4) is 0 Å². The second kappa shape index (κ2) is 7.94. The summed E-state index contributed by atoms with van der Waals surface area (Å²) >= 11 is 1.05. The highest BCUT2D eigenvalue weighted by Gasteiger charge is 2.06. The Balaban J connectivity index is 1.70. The van der Waals surface area contributed by atoms with Crippen LogP contribution in [0.3, 0.4) is 0 Å². The molecule has 2 N–H and O–H groups in total. The van der Waals surface area contributed by atoms with E-state index in [9.17, 15) is 9.59 Å². The molecule has 6 nitrogen and oxygen atoms in total. The summed E-state index contributed by atoms with van der Waals surface area (Å²) in [6.45, 7) is 0.484. The van der Waals surface area contributed by atoms with Crippen molar-refractivity contribution in [3.63, 3.8) is 0 Å². The van der Waals surface area contributed by atoms with Crippen LogP contribution in [0.2, 0.25) is 0 Å². The molecule has 0 fully saturated rings. The van der Waals surface area contributed by atoms with Gasteiger partial charge in [0.25, 0.3) is 0 Å². The summed E-state index contributed by atoms with van der Waals surface area (Å²) < 4.78 is 5.04. The monoisotopic (exact) mass is 318 g/mol. The van der Waals surface area contributed by atoms with E-state index in [1.54, 1.807) is 17.5 Å². The number of amides is 1. The molecule has 0 saturated heterocycles. The molecule has 2 rings (SSSR count). The van der Waals surface area contributed by atoms with Gasteiger partial charge in [-0.1, -0.05) is 36.4 Å². The number of carboxylic acids is 1. The third kappa shape index (κ3) is 5.02. The lowest BCUT2D eigenvalue weighted by atomic mass is 10.2. The van der Waals surface area contributed by atoms with Gasteiger partial charge >= 0.3 is 12.1 Å². The number of rotatable bonds is 6. The largest absolute Gasteiger partial charge is 0.476 e. The Labute approximate surface area is 131 Å². The molecule has 0 atom stereocenters. The van der Waals surface area contributed by atoms with Crippen LogP contribution < -0.4 is 5.32 Å². The van der Waals surface area contributed by atoms with E-state index < -0.39 is 12.1 Å². The van der Waals surface area contributed by atoms with Gasteiger partial charge in [0, 0.05) is 11.9 Å². The Hall–Kier alpha value is -2.67. The van der Waals surface area contributed by atoms with Gasteiger partial charge in [-0.05, 0) is 11.6 Å². The van der Waals surface area contributed by atoms with Crippen molar-refractivity contribution in [1.82, 2.24) is 10.3 Å². The Morgan fingerprint density at radius 3 is 2.77 bits per heavy atom. The summed E-state index contributed by atoms with van der Waals surface area (Å²) in [5.41, 5.74) is 1.46. The zero-order valence-electron chi connectivity index (χ0n) is 11.6. The van der Waals surface area contributed by atoms with Crippen molar-refractivity contribution in [2.45, 2.75) is 6.61 Å². The minimum absolute atomic E-state index is 0.0369. The van der Waals surface area contributed by atoms with Crippen molar-refractivity contribution >= 4 is 29.5 Å². The Morgan fingerprint density at radius 2 is 2.09 bits per heavy atom. The van der Waals surface area contributed by atoms with Crippen molar-refractivity contribution < 1.29 is 19.4 Å². The SMILES string of the molecule is O=C(NCC=Cc1csc(C(=O)O)n1)OCc1ccccc1. The van der Waals surface area contributed by atoms with Crippen LogP contribution in [-0.2, 0) is 11.3 Å². The summed E-state index contributed by atoms with van der Waals surface area (Å²) in [4.78, 5) is 26.0. The van der Waals surface area contributed by atoms with E-state index in [2.05, 4.69) is 10.3 Å². The van der Waals surface area contributed by atoms with Crippen molar-refractivity contribution in [1.29, 1.82) is 0 Å². The molecule has 0 aliphatic heterocycles. The van der Waals surface area contributed by atoms with Gasteiger partial charge in [0.15, 0.2) is 0 Å². The first kappa shape index (κ1) is 15.7. The quantitative estimate of drug-likeness (QED) is 0.855. The van der Waals surface area contributed by atoms with Gasteiger partial charge in [-0.25, -0.2) is 14.6 Å². The van der Waals surface area contributed by atoms with Crippen molar-refractivity contribution in [2.24, 2.45) is 0 Å². The van der Waals surface area contributed by atoms with Crippen molar-refractivity contribution in [2.75, 3.05) is 6.54 Å². The van der Waals surface area contributed by atoms with Crippen molar-refractivity contribution in [3.05, 3.63) is 58.1 Å². The molecule has 0 spiro atoms. The number of benzene rings is 1. The smallest absolute Gasteiger partial charge is 0.407 e. The normalized spacial score (nSPS) is 10.5. The first-order valence-corrected chi connectivity index (χ1v) is 7.33. The van der Waals surface area contributed by atoms with E-state index in [-0.39, 0.29) is 18.2 Å². The average molecular weight is 318 g/mol. The van der Waals surface area contributed by atoms with E-state index in [1.807, 2.05) is 30.3 Å².